The van der Waals surface area contributed by atoms with Crippen LogP contribution in [0.5, 0.6) is 17.2 Å². The number of hydrogen-bond donors (Lipinski definition) is 15. The fraction of sp³-hybridized carbons (Fsp3) is 0.491. The summed E-state index contributed by atoms with van der Waals surface area (Å²) in [4.78, 5) is 140. The lowest BCUT2D eigenvalue weighted by Gasteiger charge is -2.34. The lowest BCUT2D eigenvalue weighted by molar-refractivity contribution is -0.131. The number of carbonyl (C=O) groups is 11. The number of aromatic hydroxyl groups is 1. The highest BCUT2D eigenvalue weighted by Crippen LogP contribution is 2.28. The summed E-state index contributed by atoms with van der Waals surface area (Å²) in [5, 5.41) is 48.9. The van der Waals surface area contributed by atoms with Crippen LogP contribution >= 0.6 is 22.7 Å². The topological polar surface area (TPSA) is 548 Å². The van der Waals surface area contributed by atoms with Crippen LogP contribution in [0.1, 0.15) is 190 Å². The summed E-state index contributed by atoms with van der Waals surface area (Å²) < 4.78 is 56.5. The molecule has 149 heavy (non-hydrogen) atoms. The molecule has 2 saturated heterocycles. The highest BCUT2D eigenvalue weighted by atomic mass is 32.1. The first-order valence-electron chi connectivity index (χ1n) is 48.1. The first-order valence-corrected chi connectivity index (χ1v) is 50.0. The molecule has 16 N–H and O–H groups in total. The van der Waals surface area contributed by atoms with Crippen LogP contribution in [0.3, 0.4) is 0 Å². The van der Waals surface area contributed by atoms with E-state index in [4.69, 9.17) is 43.7 Å². The van der Waals surface area contributed by atoms with E-state index in [1.54, 1.807) is 60.3 Å². The number of hydrazone groups is 1. The van der Waals surface area contributed by atoms with E-state index in [0.717, 1.165) is 50.5 Å². The second-order valence-electron chi connectivity index (χ2n) is 41.7. The maximum absolute atomic E-state index is 13.6. The van der Waals surface area contributed by atoms with Crippen molar-refractivity contribution in [2.75, 3.05) is 48.2 Å². The average Bonchev–Trinajstić information content (AvgIpc) is 1.60. The van der Waals surface area contributed by atoms with Gasteiger partial charge in [-0.15, -0.1) is 22.7 Å². The molecule has 41 nitrogen and oxygen atoms in total. The number of phenolic OH excluding ortho intramolecular Hbond substituents is 1. The average molecular weight is 2110 g/mol. The molecular formula is C106H153N17O24S2. The van der Waals surface area contributed by atoms with E-state index in [2.05, 4.69) is 88.2 Å². The third kappa shape index (κ3) is 52.6. The van der Waals surface area contributed by atoms with Gasteiger partial charge in [0.2, 0.25) is 0 Å². The van der Waals surface area contributed by atoms with Gasteiger partial charge in [0.05, 0.1) is 94.5 Å². The second-order valence-corrected chi connectivity index (χ2v) is 43.2. The number of nitrogens with two attached hydrogens (primary N) is 1. The number of alkyl carbamates (subject to hydrolysis) is 7. The number of benzene rings is 6. The predicted molar refractivity (Wildman–Crippen MR) is 566 cm³/mol. The van der Waals surface area contributed by atoms with E-state index < -0.39 is 135 Å². The Bertz CT molecular complexity index is 5400. The third-order valence-electron chi connectivity index (χ3n) is 20.9. The Hall–Kier alpha value is -13.8. The summed E-state index contributed by atoms with van der Waals surface area (Å²) in [6.45, 7) is 41.1. The number of carbonyl (C=O) groups excluding carboxylic acids is 11. The van der Waals surface area contributed by atoms with Gasteiger partial charge in [-0.05, 0) is 173 Å². The summed E-state index contributed by atoms with van der Waals surface area (Å²) in [5.41, 5.74) is 20.0. The Labute approximate surface area is 881 Å². The van der Waals surface area contributed by atoms with Crippen molar-refractivity contribution >= 4 is 95.2 Å². The number of hydrazine groups is 3. The Balaban J connectivity index is 0.000000330. The van der Waals surface area contributed by atoms with Gasteiger partial charge in [0.25, 0.3) is 23.6 Å². The quantitative estimate of drug-likeness (QED) is 0.00433. The molecule has 2 aromatic heterocycles. The monoisotopic (exact) mass is 2110 g/mol. The van der Waals surface area contributed by atoms with Crippen molar-refractivity contribution < 1.29 is 115 Å². The number of thiazole rings is 2. The van der Waals surface area contributed by atoms with Gasteiger partial charge in [-0.25, -0.2) is 65.2 Å². The predicted octanol–water partition coefficient (Wildman–Crippen LogP) is 13.8. The van der Waals surface area contributed by atoms with Crippen molar-refractivity contribution in [3.8, 4) is 17.2 Å². The Kier molecular flexibility index (Phi) is 51.6. The molecule has 11 amide bonds. The van der Waals surface area contributed by atoms with Crippen molar-refractivity contribution in [3.63, 3.8) is 0 Å². The number of amides is 11. The van der Waals surface area contributed by atoms with Crippen LogP contribution in [0.4, 0.5) is 33.6 Å². The van der Waals surface area contributed by atoms with Crippen molar-refractivity contribution in [1.29, 1.82) is 0 Å². The van der Waals surface area contributed by atoms with E-state index >= 15 is 0 Å². The van der Waals surface area contributed by atoms with Crippen LogP contribution in [0.25, 0.3) is 0 Å². The maximum atomic E-state index is 13.6. The van der Waals surface area contributed by atoms with Gasteiger partial charge in [0.1, 0.15) is 83.6 Å². The molecule has 2 aliphatic rings. The SMILES string of the molecule is CC(C)(C)OC(=O)N[C@@H](Cc1ccc(O)cc1)[C@@H]1CO1.CC(C)(C)OC(=O)N[C@@H](Cc1ccc(OCc2cscn2)cc1)[C@@H]1CO1.COC(=O)N[C@H](C(=O)N/N=C\c1ccccc1)C(C)(C)C.COC(=O)N[C@H](C(=O)NN(Cc1ccccc1)C[C@H](O)[C@H](Cc1ccc(OCc2cscn2)cc1)NC(=O)OC(C)(C)C)C(C)(C)C.COC(=O)N[C@H](C(=O)NN)C(C)(C)C.COC(=O)N[C@H](C(=O)NNCc1ccccc1)C(C)(C)C. The van der Waals surface area contributed by atoms with E-state index in [1.807, 2.05) is 292 Å². The van der Waals surface area contributed by atoms with Crippen molar-refractivity contribution in [3.05, 3.63) is 230 Å². The van der Waals surface area contributed by atoms with Crippen molar-refractivity contribution in [2.24, 2.45) is 32.6 Å². The molecular weight excluding hydrogens is 1960 g/mol. The molecule has 10 atom stereocenters. The number of phenols is 1. The number of rotatable bonds is 36. The minimum Gasteiger partial charge on any atom is -0.508 e. The second kappa shape index (κ2) is 61.2. The van der Waals surface area contributed by atoms with Gasteiger partial charge < -0.3 is 99.5 Å². The van der Waals surface area contributed by atoms with Gasteiger partial charge in [-0.2, -0.15) is 5.10 Å². The molecule has 0 radical (unpaired) electrons. The maximum Gasteiger partial charge on any atom is 0.407 e. The number of aromatic nitrogens is 2. The number of epoxide rings is 2. The fourth-order valence-corrected chi connectivity index (χ4v) is 14.3. The number of nitrogens with zero attached hydrogens (tertiary/aromatic N) is 4. The van der Waals surface area contributed by atoms with Crippen molar-refractivity contribution in [2.45, 2.75) is 268 Å². The first-order chi connectivity index (χ1) is 69.9. The van der Waals surface area contributed by atoms with E-state index in [-0.39, 0.29) is 55.5 Å². The van der Waals surface area contributed by atoms with Crippen molar-refractivity contribution in [1.82, 2.24) is 79.3 Å². The first kappa shape index (κ1) is 126. The molecule has 8 aromatic rings. The summed E-state index contributed by atoms with van der Waals surface area (Å²) in [6, 6.07) is 46.5. The molecule has 0 saturated carbocycles. The Morgan fingerprint density at radius 3 is 1.14 bits per heavy atom. The molecule has 0 bridgehead atoms. The zero-order chi connectivity index (χ0) is 111. The van der Waals surface area contributed by atoms with Gasteiger partial charge in [-0.1, -0.05) is 210 Å². The van der Waals surface area contributed by atoms with Crippen LogP contribution in [-0.4, -0.2) is 223 Å². The number of aliphatic hydroxyl groups is 1. The van der Waals surface area contributed by atoms with Gasteiger partial charge in [-0.3, -0.25) is 35.5 Å². The van der Waals surface area contributed by atoms with E-state index in [1.165, 1.54) is 46.0 Å². The number of aliphatic hydroxyl groups excluding tert-OH is 1. The van der Waals surface area contributed by atoms with Crippen LogP contribution in [-0.2, 0) is 107 Å². The van der Waals surface area contributed by atoms with Crippen LogP contribution < -0.4 is 79.7 Å². The normalized spacial score (nSPS) is 14.7. The molecule has 2 fully saturated rings. The molecule has 0 aliphatic carbocycles. The van der Waals surface area contributed by atoms with Crippen LogP contribution in [0.15, 0.2) is 191 Å². The number of hydrogen-bond acceptors (Lipinski definition) is 32. The highest BCUT2D eigenvalue weighted by molar-refractivity contribution is 7.07. The van der Waals surface area contributed by atoms with Gasteiger partial charge >= 0.3 is 42.7 Å². The molecule has 6 aromatic carbocycles. The standard InChI is InChI=1S/C34H47N5O7S.C19H24N2O4S.C15H23N3O3.C15H21N3O3.C15H21NO4.C8H17N3O3/c1-33(2,3)29(37-31(42)44-7)30(41)38-39(18-24-11-9-8-10-12-24)19-28(40)27(36-32(43)46-34(4,5)6)17-23-13-15-26(16-14-23)45-20-25-21-47-22-35-25;1-19(2,3)25-18(22)21-16(17-10-24-17)8-13-4-6-15(7-5-13)23-9-14-11-26-12-20-14;2*1-15(2,3)12(17-14(20)21-4)13(19)18-16-10-11-8-6-5-7-9-11;1-15(2,3)20-14(18)16-12(13-9-19-13)8-10-4-6-11(17)7-5-10;1-8(2,3)5(6(12)11-9)10-7(13)14-4/h8-16,21-22,27-29,40H,17-20H2,1-7H3,(H,36,43)(H,37,42)(H,38,41);4-7,11-12,16-17H,8-10H2,1-3H3,(H,21,22);5-9,12,16H,10H2,1-4H3,(H,17,20)(H,18,19);5-10,12H,1-4H3,(H,17,20)(H,18,19);4-7,12-13,17H,8-9H2,1-3H3,(H,16,18);5H,9H2,1-4H3,(H,10,13)(H,11,12)/b;;;16-10-;;/t27-,28-,29+;16-,17-;2*12-;12-,13-;5-/m001101/s1. The smallest absolute Gasteiger partial charge is 0.407 e. The zero-order valence-corrected chi connectivity index (χ0v) is 91.5. The highest BCUT2D eigenvalue weighted by Gasteiger charge is 2.41. The van der Waals surface area contributed by atoms with Crippen LogP contribution in [0, 0.1) is 21.7 Å². The number of nitrogens with one attached hydrogen (secondary N) is 12. The largest absolute Gasteiger partial charge is 0.508 e. The zero-order valence-electron chi connectivity index (χ0n) is 89.9. The summed E-state index contributed by atoms with van der Waals surface area (Å²) >= 11 is 3.05. The minimum absolute atomic E-state index is 0.0383. The summed E-state index contributed by atoms with van der Waals surface area (Å²) in [5.74, 6) is 5.01. The molecule has 2 aliphatic heterocycles. The summed E-state index contributed by atoms with van der Waals surface area (Å²) in [7, 11) is 4.97. The van der Waals surface area contributed by atoms with Gasteiger partial charge in [0.15, 0.2) is 0 Å². The lowest BCUT2D eigenvalue weighted by Crippen LogP contribution is -2.59. The number of ether oxygens (including phenoxy) is 11. The lowest BCUT2D eigenvalue weighted by atomic mass is 9.86. The third-order valence-corrected chi connectivity index (χ3v) is 22.2. The fourth-order valence-electron chi connectivity index (χ4n) is 13.3. The molecule has 818 valence electrons. The Morgan fingerprint density at radius 1 is 0.436 bits per heavy atom. The summed E-state index contributed by atoms with van der Waals surface area (Å²) in [6.07, 6.45) is -2.18. The number of methoxy groups -OCH3 is 4. The van der Waals surface area contributed by atoms with E-state index in [0.29, 0.717) is 51.6 Å². The Morgan fingerprint density at radius 2 is 0.785 bits per heavy atom. The molecule has 0 spiro atoms. The van der Waals surface area contributed by atoms with Crippen LogP contribution in [0.2, 0.25) is 0 Å². The minimum atomic E-state index is -1.16. The molecule has 0 unspecified atom stereocenters. The molecule has 43 heteroatoms. The molecule has 10 rings (SSSR count). The van der Waals surface area contributed by atoms with E-state index in [9.17, 15) is 63.0 Å². The molecule has 4 heterocycles. The van der Waals surface area contributed by atoms with Gasteiger partial charge in [0, 0.05) is 30.4 Å².